The van der Waals surface area contributed by atoms with E-state index in [9.17, 15) is 26.9 Å². The summed E-state index contributed by atoms with van der Waals surface area (Å²) in [5.41, 5.74) is 1.20. The highest BCUT2D eigenvalue weighted by Gasteiger charge is 2.29. The van der Waals surface area contributed by atoms with Crippen molar-refractivity contribution in [1.29, 1.82) is 5.26 Å². The Morgan fingerprint density at radius 1 is 1.23 bits per heavy atom. The molecule has 0 unspecified atom stereocenters. The highest BCUT2D eigenvalue weighted by atomic mass is 32.2. The lowest BCUT2D eigenvalue weighted by atomic mass is 9.92. The first-order chi connectivity index (χ1) is 14.9. The maximum absolute atomic E-state index is 13.9. The molecule has 0 saturated heterocycles. The molecule has 0 aliphatic heterocycles. The van der Waals surface area contributed by atoms with E-state index in [0.717, 1.165) is 31.7 Å². The van der Waals surface area contributed by atoms with Crippen molar-refractivity contribution in [2.75, 3.05) is 13.3 Å². The first kappa shape index (κ1) is 21.3. The number of nitrogens with one attached hydrogen (secondary N) is 1. The normalized spacial score (nSPS) is 14.7. The molecular formula is C20H18F3N5O2S. The van der Waals surface area contributed by atoms with E-state index in [4.69, 9.17) is 0 Å². The minimum Gasteiger partial charge on any atom is -0.334 e. The van der Waals surface area contributed by atoms with E-state index in [1.54, 1.807) is 0 Å². The molecule has 1 aromatic carbocycles. The number of rotatable bonds is 7. The number of hydrogen-bond acceptors (Lipinski definition) is 5. The minimum atomic E-state index is -4.22. The number of benzene rings is 1. The summed E-state index contributed by atoms with van der Waals surface area (Å²) in [5.74, 6) is -0.336. The second-order valence-electron chi connectivity index (χ2n) is 7.32. The van der Waals surface area contributed by atoms with Gasteiger partial charge in [-0.1, -0.05) is 0 Å². The van der Waals surface area contributed by atoms with Crippen molar-refractivity contribution in [3.8, 4) is 17.6 Å². The van der Waals surface area contributed by atoms with Gasteiger partial charge in [0.1, 0.15) is 35.8 Å². The van der Waals surface area contributed by atoms with E-state index in [1.165, 1.54) is 18.2 Å². The van der Waals surface area contributed by atoms with E-state index in [0.29, 0.717) is 16.6 Å². The van der Waals surface area contributed by atoms with Crippen LogP contribution in [0.1, 0.15) is 30.9 Å². The summed E-state index contributed by atoms with van der Waals surface area (Å²) >= 11 is 0. The van der Waals surface area contributed by atoms with Gasteiger partial charge in [0.15, 0.2) is 5.82 Å². The van der Waals surface area contributed by atoms with Crippen molar-refractivity contribution in [1.82, 2.24) is 19.3 Å². The molecule has 0 amide bonds. The number of alkyl halides is 2. The molecule has 1 N–H and O–H groups in total. The Balaban J connectivity index is 1.82. The second kappa shape index (κ2) is 8.28. The second-order valence-corrected chi connectivity index (χ2v) is 9.03. The van der Waals surface area contributed by atoms with Crippen molar-refractivity contribution in [2.45, 2.75) is 36.2 Å². The number of halogens is 3. The molecule has 2 aromatic heterocycles. The molecule has 11 heteroatoms. The van der Waals surface area contributed by atoms with Gasteiger partial charge < -0.3 is 4.57 Å². The van der Waals surface area contributed by atoms with Crippen LogP contribution in [0.5, 0.6) is 0 Å². The first-order valence-electron chi connectivity index (χ1n) is 9.59. The van der Waals surface area contributed by atoms with E-state index in [-0.39, 0.29) is 22.3 Å². The molecule has 0 atom stereocenters. The lowest BCUT2D eigenvalue weighted by molar-refractivity contribution is 0.323. The summed E-state index contributed by atoms with van der Waals surface area (Å²) in [7, 11) is -4.22. The average molecular weight is 449 g/mol. The Morgan fingerprint density at radius 2 is 1.90 bits per heavy atom. The smallest absolute Gasteiger partial charge is 0.244 e. The van der Waals surface area contributed by atoms with E-state index in [1.807, 2.05) is 9.29 Å². The van der Waals surface area contributed by atoms with Crippen molar-refractivity contribution in [3.63, 3.8) is 0 Å². The third-order valence-electron chi connectivity index (χ3n) is 5.36. The fourth-order valence-electron chi connectivity index (χ4n) is 3.61. The standard InChI is InChI=1S/C20H18F3N5O2S/c21-7-13(8-22)27-31(29,30)15-10-25-20(26-11-15)19-17(9-24)16-5-4-12(23)6-18(16)28(19)14-2-1-3-14/h4-6,10-11,13-14,27H,1-3,7-8H2. The molecule has 2 heterocycles. The quantitative estimate of drug-likeness (QED) is 0.596. The summed E-state index contributed by atoms with van der Waals surface area (Å²) < 4.78 is 67.7. The fraction of sp³-hybridized carbons (Fsp3) is 0.350. The molecule has 1 aliphatic rings. The first-order valence-corrected chi connectivity index (χ1v) is 11.1. The molecule has 1 saturated carbocycles. The van der Waals surface area contributed by atoms with Gasteiger partial charge in [-0.2, -0.15) is 5.26 Å². The number of hydrogen-bond donors (Lipinski definition) is 1. The van der Waals surface area contributed by atoms with E-state index < -0.39 is 35.2 Å². The van der Waals surface area contributed by atoms with Crippen LogP contribution in [-0.4, -0.2) is 42.3 Å². The monoisotopic (exact) mass is 449 g/mol. The maximum atomic E-state index is 13.9. The minimum absolute atomic E-state index is 0.0462. The zero-order chi connectivity index (χ0) is 22.2. The Hall–Kier alpha value is -2.97. The number of aromatic nitrogens is 3. The largest absolute Gasteiger partial charge is 0.334 e. The molecule has 1 fully saturated rings. The zero-order valence-corrected chi connectivity index (χ0v) is 17.0. The van der Waals surface area contributed by atoms with Crippen LogP contribution in [0.15, 0.2) is 35.5 Å². The topological polar surface area (TPSA) is 101 Å². The average Bonchev–Trinajstić information content (AvgIpc) is 3.04. The van der Waals surface area contributed by atoms with Crippen molar-refractivity contribution in [3.05, 3.63) is 42.0 Å². The predicted molar refractivity (Wildman–Crippen MR) is 107 cm³/mol. The highest BCUT2D eigenvalue weighted by molar-refractivity contribution is 7.89. The molecule has 162 valence electrons. The molecule has 1 aliphatic carbocycles. The Kier molecular flexibility index (Phi) is 5.68. The molecule has 0 radical (unpaired) electrons. The van der Waals surface area contributed by atoms with E-state index >= 15 is 0 Å². The number of sulfonamides is 1. The molecule has 3 aromatic rings. The predicted octanol–water partition coefficient (Wildman–Crippen LogP) is 3.42. The van der Waals surface area contributed by atoms with Gasteiger partial charge in [0, 0.05) is 11.4 Å². The van der Waals surface area contributed by atoms with Crippen LogP contribution in [0.25, 0.3) is 22.4 Å². The van der Waals surface area contributed by atoms with Crippen LogP contribution in [0.4, 0.5) is 13.2 Å². The van der Waals surface area contributed by atoms with Gasteiger partial charge in [-0.25, -0.2) is 36.3 Å². The van der Waals surface area contributed by atoms with Gasteiger partial charge in [0.2, 0.25) is 10.0 Å². The summed E-state index contributed by atoms with van der Waals surface area (Å²) in [6.45, 7) is -2.39. The summed E-state index contributed by atoms with van der Waals surface area (Å²) in [6, 6.07) is 4.83. The highest BCUT2D eigenvalue weighted by Crippen LogP contribution is 2.41. The molecule has 0 bridgehead atoms. The van der Waals surface area contributed by atoms with Crippen molar-refractivity contribution in [2.24, 2.45) is 0 Å². The molecule has 7 nitrogen and oxygen atoms in total. The van der Waals surface area contributed by atoms with Gasteiger partial charge in [0.25, 0.3) is 0 Å². The van der Waals surface area contributed by atoms with Gasteiger partial charge in [0.05, 0.1) is 29.5 Å². The number of nitriles is 1. The number of fused-ring (bicyclic) bond motifs is 1. The van der Waals surface area contributed by atoms with E-state index in [2.05, 4.69) is 16.0 Å². The van der Waals surface area contributed by atoms with Crippen molar-refractivity contribution < 1.29 is 21.6 Å². The van der Waals surface area contributed by atoms with Crippen LogP contribution >= 0.6 is 0 Å². The molecular weight excluding hydrogens is 431 g/mol. The Bertz CT molecular complexity index is 1260. The van der Waals surface area contributed by atoms with Crippen LogP contribution in [0.2, 0.25) is 0 Å². The summed E-state index contributed by atoms with van der Waals surface area (Å²) in [6.07, 6.45) is 4.73. The fourth-order valence-corrected chi connectivity index (χ4v) is 4.69. The van der Waals surface area contributed by atoms with Crippen LogP contribution in [0, 0.1) is 17.1 Å². The third kappa shape index (κ3) is 3.77. The van der Waals surface area contributed by atoms with Gasteiger partial charge in [-0.05, 0) is 37.5 Å². The van der Waals surface area contributed by atoms with Gasteiger partial charge >= 0.3 is 0 Å². The maximum Gasteiger partial charge on any atom is 0.244 e. The van der Waals surface area contributed by atoms with Gasteiger partial charge in [-0.15, -0.1) is 0 Å². The molecule has 0 spiro atoms. The summed E-state index contributed by atoms with van der Waals surface area (Å²) in [4.78, 5) is 7.87. The lowest BCUT2D eigenvalue weighted by Gasteiger charge is -2.29. The SMILES string of the molecule is N#Cc1c(-c2ncc(S(=O)(=O)NC(CF)CF)cn2)n(C2CCC2)c2cc(F)ccc12. The number of nitrogens with zero attached hydrogens (tertiary/aromatic N) is 4. The summed E-state index contributed by atoms with van der Waals surface area (Å²) in [5, 5.41) is 10.3. The van der Waals surface area contributed by atoms with Gasteiger partial charge in [-0.3, -0.25) is 0 Å². The molecule has 4 rings (SSSR count). The van der Waals surface area contributed by atoms with Crippen LogP contribution in [-0.2, 0) is 10.0 Å². The van der Waals surface area contributed by atoms with Crippen molar-refractivity contribution >= 4 is 20.9 Å². The molecule has 31 heavy (non-hydrogen) atoms. The van der Waals surface area contributed by atoms with Crippen LogP contribution < -0.4 is 4.72 Å². The third-order valence-corrected chi connectivity index (χ3v) is 6.84. The Morgan fingerprint density at radius 3 is 2.45 bits per heavy atom. The lowest BCUT2D eigenvalue weighted by Crippen LogP contribution is -2.38. The Labute approximate surface area is 176 Å². The zero-order valence-electron chi connectivity index (χ0n) is 16.2. The van der Waals surface area contributed by atoms with Crippen LogP contribution in [0.3, 0.4) is 0 Å².